The van der Waals surface area contributed by atoms with Crippen LogP contribution in [0.1, 0.15) is 23.7 Å². The molecule has 1 saturated heterocycles. The Morgan fingerprint density at radius 2 is 1.76 bits per heavy atom. The first-order chi connectivity index (χ1) is 12.0. The Morgan fingerprint density at radius 1 is 1.08 bits per heavy atom. The smallest absolute Gasteiger partial charge is 0.233 e. The van der Waals surface area contributed by atoms with Crippen molar-refractivity contribution in [3.63, 3.8) is 0 Å². The van der Waals surface area contributed by atoms with Gasteiger partial charge in [-0.05, 0) is 30.2 Å². The molecule has 6 heteroatoms. The standard InChI is InChI=1S/C19H17F2NO3/c20-14-7-5-12(6-8-14)9-13-10-18(24)22(19(13)25)11-17(23)15-3-1-2-4-16(15)21/h1-8,13,17,23H,9-11H2. The van der Waals surface area contributed by atoms with E-state index >= 15 is 0 Å². The van der Waals surface area contributed by atoms with Crippen LogP contribution in [0.3, 0.4) is 0 Å². The molecule has 2 atom stereocenters. The number of hydrogen-bond acceptors (Lipinski definition) is 3. The number of imide groups is 1. The number of β-amino-alcohol motifs (C(OH)–C–C–N with tert-alkyl or cyclic N) is 1. The molecule has 25 heavy (non-hydrogen) atoms. The molecule has 130 valence electrons. The Hall–Kier alpha value is -2.60. The minimum Gasteiger partial charge on any atom is -0.386 e. The highest BCUT2D eigenvalue weighted by molar-refractivity contribution is 6.03. The quantitative estimate of drug-likeness (QED) is 0.848. The van der Waals surface area contributed by atoms with E-state index in [2.05, 4.69) is 0 Å². The molecule has 2 aromatic rings. The molecule has 1 aliphatic rings. The molecule has 1 aliphatic heterocycles. The van der Waals surface area contributed by atoms with Crippen molar-refractivity contribution >= 4 is 11.8 Å². The fourth-order valence-corrected chi connectivity index (χ4v) is 3.02. The van der Waals surface area contributed by atoms with Crippen LogP contribution < -0.4 is 0 Å². The molecule has 3 rings (SSSR count). The van der Waals surface area contributed by atoms with E-state index in [9.17, 15) is 23.5 Å². The van der Waals surface area contributed by atoms with E-state index in [-0.39, 0.29) is 24.3 Å². The summed E-state index contributed by atoms with van der Waals surface area (Å²) >= 11 is 0. The van der Waals surface area contributed by atoms with Crippen LogP contribution in [0.4, 0.5) is 8.78 Å². The second-order valence-corrected chi connectivity index (χ2v) is 6.11. The van der Waals surface area contributed by atoms with Crippen molar-refractivity contribution in [2.75, 3.05) is 6.54 Å². The van der Waals surface area contributed by atoms with Gasteiger partial charge in [-0.25, -0.2) is 8.78 Å². The van der Waals surface area contributed by atoms with Crippen LogP contribution in [0, 0.1) is 17.6 Å². The van der Waals surface area contributed by atoms with Crippen molar-refractivity contribution in [3.05, 3.63) is 71.3 Å². The maximum atomic E-state index is 13.7. The number of rotatable bonds is 5. The molecule has 0 radical (unpaired) electrons. The third kappa shape index (κ3) is 3.74. The predicted molar refractivity (Wildman–Crippen MR) is 86.3 cm³/mol. The monoisotopic (exact) mass is 345 g/mol. The molecule has 1 fully saturated rings. The lowest BCUT2D eigenvalue weighted by Gasteiger charge is -2.19. The van der Waals surface area contributed by atoms with E-state index in [4.69, 9.17) is 0 Å². The zero-order valence-electron chi connectivity index (χ0n) is 13.4. The number of halogens is 2. The molecule has 1 heterocycles. The van der Waals surface area contributed by atoms with Gasteiger partial charge in [-0.3, -0.25) is 14.5 Å². The fraction of sp³-hybridized carbons (Fsp3) is 0.263. The van der Waals surface area contributed by atoms with Gasteiger partial charge in [0.25, 0.3) is 0 Å². The molecule has 0 aliphatic carbocycles. The molecule has 0 saturated carbocycles. The second kappa shape index (κ2) is 7.11. The third-order valence-electron chi connectivity index (χ3n) is 4.35. The average Bonchev–Trinajstić information content (AvgIpc) is 2.85. The topological polar surface area (TPSA) is 57.6 Å². The molecule has 0 aromatic heterocycles. The van der Waals surface area contributed by atoms with E-state index in [1.54, 1.807) is 18.2 Å². The number of carbonyl (C=O) groups is 2. The first-order valence-electron chi connectivity index (χ1n) is 7.97. The SMILES string of the molecule is O=C1CC(Cc2ccc(F)cc2)C(=O)N1CC(O)c1ccccc1F. The van der Waals surface area contributed by atoms with E-state index in [0.29, 0.717) is 6.42 Å². The van der Waals surface area contributed by atoms with Gasteiger partial charge < -0.3 is 5.11 Å². The molecule has 2 aromatic carbocycles. The van der Waals surface area contributed by atoms with Gasteiger partial charge in [0.15, 0.2) is 0 Å². The normalized spacial score (nSPS) is 18.7. The number of carbonyl (C=O) groups excluding carboxylic acids is 2. The Morgan fingerprint density at radius 3 is 2.44 bits per heavy atom. The van der Waals surface area contributed by atoms with Crippen LogP contribution >= 0.6 is 0 Å². The minimum atomic E-state index is -1.28. The summed E-state index contributed by atoms with van der Waals surface area (Å²) in [6.07, 6.45) is -0.934. The first kappa shape index (κ1) is 17.2. The minimum absolute atomic E-state index is 0.0280. The molecule has 0 spiro atoms. The number of aliphatic hydroxyl groups excluding tert-OH is 1. The highest BCUT2D eigenvalue weighted by Crippen LogP contribution is 2.27. The van der Waals surface area contributed by atoms with Gasteiger partial charge in [0.05, 0.1) is 18.6 Å². The molecule has 4 nitrogen and oxygen atoms in total. The predicted octanol–water partition coefficient (Wildman–Crippen LogP) is 2.62. The summed E-state index contributed by atoms with van der Waals surface area (Å²) in [6, 6.07) is 11.5. The summed E-state index contributed by atoms with van der Waals surface area (Å²) in [5.74, 6) is -2.30. The van der Waals surface area contributed by atoms with Crippen molar-refractivity contribution in [1.82, 2.24) is 4.90 Å². The lowest BCUT2D eigenvalue weighted by molar-refractivity contribution is -0.141. The van der Waals surface area contributed by atoms with E-state index in [1.807, 2.05) is 0 Å². The van der Waals surface area contributed by atoms with Crippen LogP contribution in [0.25, 0.3) is 0 Å². The number of likely N-dealkylation sites (tertiary alicyclic amines) is 1. The van der Waals surface area contributed by atoms with Gasteiger partial charge in [-0.15, -0.1) is 0 Å². The Bertz CT molecular complexity index is 792. The number of nitrogens with zero attached hydrogens (tertiary/aromatic N) is 1. The summed E-state index contributed by atoms with van der Waals surface area (Å²) in [6.45, 7) is -0.279. The maximum Gasteiger partial charge on any atom is 0.233 e. The van der Waals surface area contributed by atoms with Crippen molar-refractivity contribution in [2.24, 2.45) is 5.92 Å². The largest absolute Gasteiger partial charge is 0.386 e. The Kier molecular flexibility index (Phi) is 4.90. The Labute approximate surface area is 143 Å². The highest BCUT2D eigenvalue weighted by Gasteiger charge is 2.39. The van der Waals surface area contributed by atoms with Crippen LogP contribution in [-0.4, -0.2) is 28.4 Å². The van der Waals surface area contributed by atoms with Crippen LogP contribution in [0.5, 0.6) is 0 Å². The maximum absolute atomic E-state index is 13.7. The summed E-state index contributed by atoms with van der Waals surface area (Å²) in [4.78, 5) is 25.6. The second-order valence-electron chi connectivity index (χ2n) is 6.11. The van der Waals surface area contributed by atoms with Gasteiger partial charge in [0.2, 0.25) is 11.8 Å². The van der Waals surface area contributed by atoms with E-state index in [0.717, 1.165) is 10.5 Å². The molecule has 2 unspecified atom stereocenters. The first-order valence-corrected chi connectivity index (χ1v) is 7.97. The zero-order chi connectivity index (χ0) is 18.0. The zero-order valence-corrected chi connectivity index (χ0v) is 13.4. The van der Waals surface area contributed by atoms with Crippen molar-refractivity contribution in [1.29, 1.82) is 0 Å². The van der Waals surface area contributed by atoms with Gasteiger partial charge in [-0.2, -0.15) is 0 Å². The number of hydrogen-bond donors (Lipinski definition) is 1. The molecular weight excluding hydrogens is 328 g/mol. The molecule has 1 N–H and O–H groups in total. The van der Waals surface area contributed by atoms with Crippen LogP contribution in [0.2, 0.25) is 0 Å². The van der Waals surface area contributed by atoms with Crippen molar-refractivity contribution in [2.45, 2.75) is 18.9 Å². The van der Waals surface area contributed by atoms with Crippen molar-refractivity contribution in [3.8, 4) is 0 Å². The van der Waals surface area contributed by atoms with Gasteiger partial charge in [-0.1, -0.05) is 30.3 Å². The summed E-state index contributed by atoms with van der Waals surface area (Å²) in [5.41, 5.74) is 0.800. The van der Waals surface area contributed by atoms with E-state index < -0.39 is 29.7 Å². The van der Waals surface area contributed by atoms with Gasteiger partial charge in [0, 0.05) is 12.0 Å². The van der Waals surface area contributed by atoms with Crippen molar-refractivity contribution < 1.29 is 23.5 Å². The van der Waals surface area contributed by atoms with Crippen LogP contribution in [-0.2, 0) is 16.0 Å². The summed E-state index contributed by atoms with van der Waals surface area (Å²) < 4.78 is 26.7. The van der Waals surface area contributed by atoms with Crippen LogP contribution in [0.15, 0.2) is 48.5 Å². The fourth-order valence-electron chi connectivity index (χ4n) is 3.02. The number of amides is 2. The Balaban J connectivity index is 1.69. The third-order valence-corrected chi connectivity index (χ3v) is 4.35. The molecule has 0 bridgehead atoms. The molecular formula is C19H17F2NO3. The molecule has 2 amide bonds. The summed E-state index contributed by atoms with van der Waals surface area (Å²) in [5, 5.41) is 10.2. The van der Waals surface area contributed by atoms with Gasteiger partial charge >= 0.3 is 0 Å². The number of benzene rings is 2. The van der Waals surface area contributed by atoms with Gasteiger partial charge in [0.1, 0.15) is 11.6 Å². The van der Waals surface area contributed by atoms with E-state index in [1.165, 1.54) is 30.3 Å². The highest BCUT2D eigenvalue weighted by atomic mass is 19.1. The lowest BCUT2D eigenvalue weighted by atomic mass is 9.98. The average molecular weight is 345 g/mol. The summed E-state index contributed by atoms with van der Waals surface area (Å²) in [7, 11) is 0. The lowest BCUT2D eigenvalue weighted by Crippen LogP contribution is -2.35. The number of aliphatic hydroxyl groups is 1.